The molecule has 3 rings (SSSR count). The van der Waals surface area contributed by atoms with E-state index in [1.165, 1.54) is 37.8 Å². The van der Waals surface area contributed by atoms with E-state index in [1.54, 1.807) is 6.07 Å². The summed E-state index contributed by atoms with van der Waals surface area (Å²) in [5, 5.41) is 0. The Kier molecular flexibility index (Phi) is 3.27. The molecular weight excluding hydrogens is 295 g/mol. The van der Waals surface area contributed by atoms with Crippen LogP contribution in [0.4, 0.5) is 4.39 Å². The van der Waals surface area contributed by atoms with Gasteiger partial charge in [0.1, 0.15) is 5.82 Å². The monoisotopic (exact) mass is 310 g/mol. The fraction of sp³-hybridized carbons (Fsp3) is 0.533. The summed E-state index contributed by atoms with van der Waals surface area (Å²) in [6.45, 7) is 0. The van der Waals surface area contributed by atoms with Gasteiger partial charge >= 0.3 is 0 Å². The highest BCUT2D eigenvalue weighted by Crippen LogP contribution is 2.49. The van der Waals surface area contributed by atoms with Gasteiger partial charge in [0.25, 0.3) is 0 Å². The first kappa shape index (κ1) is 12.3. The van der Waals surface area contributed by atoms with Crippen molar-refractivity contribution < 1.29 is 9.18 Å². The molecule has 2 aliphatic carbocycles. The highest BCUT2D eigenvalue weighted by molar-refractivity contribution is 9.10. The third-order valence-electron chi connectivity index (χ3n) is 4.56. The van der Waals surface area contributed by atoms with E-state index in [0.717, 1.165) is 11.8 Å². The van der Waals surface area contributed by atoms with Crippen molar-refractivity contribution in [2.45, 2.75) is 32.1 Å². The lowest BCUT2D eigenvalue weighted by Crippen LogP contribution is -2.15. The van der Waals surface area contributed by atoms with Crippen LogP contribution in [-0.2, 0) is 0 Å². The van der Waals surface area contributed by atoms with Crippen molar-refractivity contribution in [1.82, 2.24) is 0 Å². The second kappa shape index (κ2) is 4.76. The normalized spacial score (nSPS) is 29.8. The van der Waals surface area contributed by atoms with Crippen molar-refractivity contribution >= 4 is 21.7 Å². The summed E-state index contributed by atoms with van der Waals surface area (Å²) in [6, 6.07) is 4.33. The topological polar surface area (TPSA) is 17.1 Å². The van der Waals surface area contributed by atoms with Crippen LogP contribution in [0.1, 0.15) is 42.5 Å². The molecule has 0 heterocycles. The number of hydrogen-bond donors (Lipinski definition) is 0. The average molecular weight is 311 g/mol. The Morgan fingerprint density at radius 2 is 2.17 bits per heavy atom. The Labute approximate surface area is 115 Å². The van der Waals surface area contributed by atoms with Crippen LogP contribution >= 0.6 is 15.9 Å². The molecule has 0 spiro atoms. The van der Waals surface area contributed by atoms with Crippen LogP contribution in [0.15, 0.2) is 22.7 Å². The summed E-state index contributed by atoms with van der Waals surface area (Å²) in [5.74, 6) is 1.87. The lowest BCUT2D eigenvalue weighted by atomic mass is 9.84. The number of rotatable bonds is 3. The van der Waals surface area contributed by atoms with Crippen molar-refractivity contribution in [3.63, 3.8) is 0 Å². The Morgan fingerprint density at radius 3 is 2.83 bits per heavy atom. The van der Waals surface area contributed by atoms with Gasteiger partial charge in [-0.25, -0.2) is 4.39 Å². The first-order valence-corrected chi connectivity index (χ1v) is 7.41. The van der Waals surface area contributed by atoms with Gasteiger partial charge in [0, 0.05) is 16.5 Å². The number of fused-ring (bicyclic) bond motifs is 2. The van der Waals surface area contributed by atoms with Crippen molar-refractivity contribution in [3.05, 3.63) is 34.1 Å². The molecule has 3 heteroatoms. The highest BCUT2D eigenvalue weighted by atomic mass is 79.9. The van der Waals surface area contributed by atoms with Gasteiger partial charge in [-0.1, -0.05) is 22.4 Å². The fourth-order valence-corrected chi connectivity index (χ4v) is 4.15. The van der Waals surface area contributed by atoms with Crippen LogP contribution in [0.25, 0.3) is 0 Å². The Hall–Kier alpha value is -0.700. The Bertz CT molecular complexity index is 485. The number of carbonyl (C=O) groups excluding carboxylic acids is 1. The lowest BCUT2D eigenvalue weighted by Gasteiger charge is -2.20. The second-order valence-corrected chi connectivity index (χ2v) is 6.54. The van der Waals surface area contributed by atoms with Crippen LogP contribution in [0.3, 0.4) is 0 Å². The van der Waals surface area contributed by atoms with E-state index < -0.39 is 0 Å². The van der Waals surface area contributed by atoms with Gasteiger partial charge < -0.3 is 0 Å². The van der Waals surface area contributed by atoms with Gasteiger partial charge in [-0.15, -0.1) is 0 Å². The van der Waals surface area contributed by atoms with Crippen LogP contribution < -0.4 is 0 Å². The van der Waals surface area contributed by atoms with E-state index in [4.69, 9.17) is 0 Å². The largest absolute Gasteiger partial charge is 0.294 e. The molecule has 2 fully saturated rings. The van der Waals surface area contributed by atoms with Gasteiger partial charge in [0.2, 0.25) is 0 Å². The van der Waals surface area contributed by atoms with E-state index in [0.29, 0.717) is 22.4 Å². The van der Waals surface area contributed by atoms with E-state index in [9.17, 15) is 9.18 Å². The zero-order valence-corrected chi connectivity index (χ0v) is 11.7. The number of Topliss-reactive ketones (excluding diaryl/α,β-unsaturated/α-hetero) is 1. The number of halogens is 2. The van der Waals surface area contributed by atoms with Crippen LogP contribution in [0, 0.1) is 23.6 Å². The number of hydrogen-bond acceptors (Lipinski definition) is 1. The van der Waals surface area contributed by atoms with E-state index >= 15 is 0 Å². The van der Waals surface area contributed by atoms with E-state index in [-0.39, 0.29) is 11.6 Å². The minimum atomic E-state index is -0.338. The molecule has 1 nitrogen and oxygen atoms in total. The van der Waals surface area contributed by atoms with Crippen LogP contribution in [-0.4, -0.2) is 5.78 Å². The molecule has 0 saturated heterocycles. The van der Waals surface area contributed by atoms with Gasteiger partial charge in [0.05, 0.1) is 0 Å². The molecule has 0 N–H and O–H groups in total. The SMILES string of the molecule is O=C(CC1CC2CCC1C2)c1cc(F)ccc1Br. The zero-order chi connectivity index (χ0) is 12.7. The van der Waals surface area contributed by atoms with Crippen molar-refractivity contribution in [2.24, 2.45) is 17.8 Å². The zero-order valence-electron chi connectivity index (χ0n) is 10.2. The third-order valence-corrected chi connectivity index (χ3v) is 5.25. The van der Waals surface area contributed by atoms with Gasteiger partial charge in [-0.05, 0) is 55.2 Å². The molecule has 2 bridgehead atoms. The Morgan fingerprint density at radius 1 is 1.33 bits per heavy atom. The third kappa shape index (κ3) is 2.25. The number of ketones is 1. The molecule has 1 aromatic carbocycles. The summed E-state index contributed by atoms with van der Waals surface area (Å²) in [5.41, 5.74) is 0.498. The summed E-state index contributed by atoms with van der Waals surface area (Å²) >= 11 is 3.33. The number of benzene rings is 1. The lowest BCUT2D eigenvalue weighted by molar-refractivity contribution is 0.0943. The first-order valence-electron chi connectivity index (χ1n) is 6.61. The molecule has 0 aromatic heterocycles. The maximum atomic E-state index is 13.2. The highest BCUT2D eigenvalue weighted by Gasteiger charge is 2.40. The standard InChI is InChI=1S/C15H16BrFO/c16-14-4-3-12(17)8-13(14)15(18)7-11-6-9-1-2-10(11)5-9/h3-4,8-11H,1-2,5-7H2. The van der Waals surface area contributed by atoms with Crippen LogP contribution in [0.2, 0.25) is 0 Å². The molecular formula is C15H16BrFO. The molecule has 18 heavy (non-hydrogen) atoms. The minimum absolute atomic E-state index is 0.0823. The van der Waals surface area contributed by atoms with E-state index in [1.807, 2.05) is 0 Å². The van der Waals surface area contributed by atoms with Crippen molar-refractivity contribution in [2.75, 3.05) is 0 Å². The first-order chi connectivity index (χ1) is 8.63. The maximum Gasteiger partial charge on any atom is 0.164 e. The van der Waals surface area contributed by atoms with Crippen molar-refractivity contribution in [3.8, 4) is 0 Å². The fourth-order valence-electron chi connectivity index (χ4n) is 3.69. The predicted octanol–water partition coefficient (Wildman–Crippen LogP) is 4.60. The van der Waals surface area contributed by atoms with Crippen LogP contribution in [0.5, 0.6) is 0 Å². The molecule has 3 atom stereocenters. The molecule has 1 aromatic rings. The molecule has 3 unspecified atom stereocenters. The average Bonchev–Trinajstić information content (AvgIpc) is 2.94. The quantitative estimate of drug-likeness (QED) is 0.746. The van der Waals surface area contributed by atoms with E-state index in [2.05, 4.69) is 15.9 Å². The molecule has 2 saturated carbocycles. The smallest absolute Gasteiger partial charge is 0.164 e. The number of carbonyl (C=O) groups is 1. The Balaban J connectivity index is 1.73. The van der Waals surface area contributed by atoms with Gasteiger partial charge in [-0.2, -0.15) is 0 Å². The minimum Gasteiger partial charge on any atom is -0.294 e. The van der Waals surface area contributed by atoms with Gasteiger partial charge in [0.15, 0.2) is 5.78 Å². The molecule has 96 valence electrons. The second-order valence-electron chi connectivity index (χ2n) is 5.69. The summed E-state index contributed by atoms with van der Waals surface area (Å²) in [7, 11) is 0. The van der Waals surface area contributed by atoms with Crippen molar-refractivity contribution in [1.29, 1.82) is 0 Å². The summed E-state index contributed by atoms with van der Waals surface area (Å²) in [4.78, 5) is 12.3. The summed E-state index contributed by atoms with van der Waals surface area (Å²) < 4.78 is 13.9. The molecule has 2 aliphatic rings. The maximum absolute atomic E-state index is 13.2. The molecule has 0 amide bonds. The molecule has 0 aliphatic heterocycles. The molecule has 0 radical (unpaired) electrons. The predicted molar refractivity (Wildman–Crippen MR) is 72.0 cm³/mol. The van der Waals surface area contributed by atoms with Gasteiger partial charge in [-0.3, -0.25) is 4.79 Å². The summed E-state index contributed by atoms with van der Waals surface area (Å²) in [6.07, 6.45) is 5.72.